The van der Waals surface area contributed by atoms with Crippen molar-refractivity contribution >= 4 is 33.2 Å². The lowest BCUT2D eigenvalue weighted by molar-refractivity contribution is 0.599. The zero-order valence-electron chi connectivity index (χ0n) is 14.9. The van der Waals surface area contributed by atoms with Gasteiger partial charge in [-0.3, -0.25) is 0 Å². The minimum Gasteiger partial charge on any atom is -0.366 e. The van der Waals surface area contributed by atoms with Crippen molar-refractivity contribution in [3.8, 4) is 0 Å². The number of halogens is 1. The molecule has 3 rings (SSSR count). The zero-order valence-corrected chi connectivity index (χ0v) is 16.5. The monoisotopic (exact) mass is 394 g/mol. The average molecular weight is 395 g/mol. The van der Waals surface area contributed by atoms with Crippen LogP contribution in [0.2, 0.25) is 5.02 Å². The Bertz CT molecular complexity index is 889. The second-order valence-corrected chi connectivity index (χ2v) is 9.12. The van der Waals surface area contributed by atoms with E-state index in [1.165, 1.54) is 0 Å². The molecule has 2 heterocycles. The number of nitrogens with one attached hydrogen (secondary N) is 1. The van der Waals surface area contributed by atoms with E-state index in [1.807, 2.05) is 49.1 Å². The zero-order chi connectivity index (χ0) is 18.7. The Balaban J connectivity index is 1.79. The Morgan fingerprint density at radius 1 is 1.31 bits per heavy atom. The van der Waals surface area contributed by atoms with Gasteiger partial charge in [-0.25, -0.2) is 13.4 Å². The van der Waals surface area contributed by atoms with Gasteiger partial charge in [0, 0.05) is 35.9 Å². The SMILES string of the molecule is CCN(c1nc(C)cc(NCc2ccccc2Cl)n1)C1CCS(=O)(=O)C1. The van der Waals surface area contributed by atoms with Gasteiger partial charge in [0.1, 0.15) is 5.82 Å². The Hall–Kier alpha value is -1.86. The first-order chi connectivity index (χ1) is 12.4. The second kappa shape index (κ2) is 7.80. The summed E-state index contributed by atoms with van der Waals surface area (Å²) in [6.45, 7) is 5.12. The highest BCUT2D eigenvalue weighted by molar-refractivity contribution is 7.91. The number of hydrogen-bond donors (Lipinski definition) is 1. The highest BCUT2D eigenvalue weighted by Crippen LogP contribution is 2.23. The lowest BCUT2D eigenvalue weighted by atomic mass is 10.2. The molecule has 6 nitrogen and oxygen atoms in total. The summed E-state index contributed by atoms with van der Waals surface area (Å²) in [6, 6.07) is 9.47. The number of aromatic nitrogens is 2. The van der Waals surface area contributed by atoms with E-state index < -0.39 is 9.84 Å². The van der Waals surface area contributed by atoms with Gasteiger partial charge in [-0.2, -0.15) is 4.98 Å². The Morgan fingerprint density at radius 2 is 2.08 bits per heavy atom. The summed E-state index contributed by atoms with van der Waals surface area (Å²) in [7, 11) is -2.96. The third-order valence-electron chi connectivity index (χ3n) is 4.51. The maximum atomic E-state index is 11.8. The summed E-state index contributed by atoms with van der Waals surface area (Å²) < 4.78 is 23.7. The normalized spacial score (nSPS) is 18.7. The molecule has 1 saturated heterocycles. The molecule has 0 amide bonds. The van der Waals surface area contributed by atoms with Gasteiger partial charge in [0.05, 0.1) is 11.5 Å². The molecule has 0 radical (unpaired) electrons. The molecule has 1 unspecified atom stereocenters. The molecule has 2 aromatic rings. The quantitative estimate of drug-likeness (QED) is 0.811. The van der Waals surface area contributed by atoms with Crippen molar-refractivity contribution < 1.29 is 8.42 Å². The van der Waals surface area contributed by atoms with Gasteiger partial charge >= 0.3 is 0 Å². The van der Waals surface area contributed by atoms with Crippen molar-refractivity contribution in [2.75, 3.05) is 28.3 Å². The maximum Gasteiger partial charge on any atom is 0.227 e. The summed E-state index contributed by atoms with van der Waals surface area (Å²) in [5.41, 5.74) is 1.82. The molecule has 0 spiro atoms. The van der Waals surface area contributed by atoms with Crippen LogP contribution in [0.5, 0.6) is 0 Å². The van der Waals surface area contributed by atoms with Crippen LogP contribution in [0.4, 0.5) is 11.8 Å². The van der Waals surface area contributed by atoms with Crippen molar-refractivity contribution in [1.29, 1.82) is 0 Å². The standard InChI is InChI=1S/C18H23ClN4O2S/c1-3-23(15-8-9-26(24,25)12-15)18-21-13(2)10-17(22-18)20-11-14-6-4-5-7-16(14)19/h4-7,10,15H,3,8-9,11-12H2,1-2H3,(H,20,21,22). The predicted octanol–water partition coefficient (Wildman–Crippen LogP) is 3.06. The fourth-order valence-corrected chi connectivity index (χ4v) is 5.12. The number of benzene rings is 1. The molecule has 1 N–H and O–H groups in total. The summed E-state index contributed by atoms with van der Waals surface area (Å²) in [6.07, 6.45) is 0.621. The highest BCUT2D eigenvalue weighted by Gasteiger charge is 2.33. The molecule has 1 aliphatic rings. The maximum absolute atomic E-state index is 11.8. The molecule has 1 atom stereocenters. The highest BCUT2D eigenvalue weighted by atomic mass is 35.5. The number of sulfone groups is 1. The summed E-state index contributed by atoms with van der Waals surface area (Å²) in [5, 5.41) is 3.99. The van der Waals surface area contributed by atoms with Crippen molar-refractivity contribution in [1.82, 2.24) is 9.97 Å². The van der Waals surface area contributed by atoms with E-state index in [0.29, 0.717) is 36.3 Å². The minimum atomic E-state index is -2.96. The van der Waals surface area contributed by atoms with Gasteiger partial charge in [-0.15, -0.1) is 0 Å². The van der Waals surface area contributed by atoms with Crippen LogP contribution in [0.1, 0.15) is 24.6 Å². The molecule has 1 fully saturated rings. The van der Waals surface area contributed by atoms with Crippen molar-refractivity contribution in [3.05, 3.63) is 46.6 Å². The predicted molar refractivity (Wildman–Crippen MR) is 106 cm³/mol. The van der Waals surface area contributed by atoms with E-state index in [0.717, 1.165) is 11.3 Å². The van der Waals surface area contributed by atoms with Crippen LogP contribution in [0.25, 0.3) is 0 Å². The fraction of sp³-hybridized carbons (Fsp3) is 0.444. The molecule has 1 aromatic carbocycles. The third kappa shape index (κ3) is 4.45. The third-order valence-corrected chi connectivity index (χ3v) is 6.63. The molecule has 0 saturated carbocycles. The smallest absolute Gasteiger partial charge is 0.227 e. The van der Waals surface area contributed by atoms with Crippen molar-refractivity contribution in [2.45, 2.75) is 32.9 Å². The minimum absolute atomic E-state index is 0.0665. The van der Waals surface area contributed by atoms with Gasteiger partial charge in [-0.05, 0) is 31.9 Å². The van der Waals surface area contributed by atoms with Crippen LogP contribution in [-0.4, -0.2) is 42.5 Å². The molecule has 140 valence electrons. The van der Waals surface area contributed by atoms with Crippen LogP contribution in [-0.2, 0) is 16.4 Å². The first-order valence-corrected chi connectivity index (χ1v) is 10.9. The number of aryl methyl sites for hydroxylation is 1. The summed E-state index contributed by atoms with van der Waals surface area (Å²) >= 11 is 6.20. The first kappa shape index (κ1) is 18.9. The lowest BCUT2D eigenvalue weighted by Gasteiger charge is -2.27. The van der Waals surface area contributed by atoms with Gasteiger partial charge in [0.2, 0.25) is 5.95 Å². The van der Waals surface area contributed by atoms with E-state index >= 15 is 0 Å². The Labute approximate surface area is 159 Å². The number of nitrogens with zero attached hydrogens (tertiary/aromatic N) is 3. The summed E-state index contributed by atoms with van der Waals surface area (Å²) in [4.78, 5) is 11.1. The van der Waals surface area contributed by atoms with E-state index in [4.69, 9.17) is 11.6 Å². The second-order valence-electron chi connectivity index (χ2n) is 6.48. The van der Waals surface area contributed by atoms with E-state index in [1.54, 1.807) is 0 Å². The van der Waals surface area contributed by atoms with E-state index in [9.17, 15) is 8.42 Å². The van der Waals surface area contributed by atoms with Crippen LogP contribution in [0.15, 0.2) is 30.3 Å². The van der Waals surface area contributed by atoms with E-state index in [-0.39, 0.29) is 17.5 Å². The van der Waals surface area contributed by atoms with Gasteiger partial charge < -0.3 is 10.2 Å². The largest absolute Gasteiger partial charge is 0.366 e. The molecule has 0 aliphatic carbocycles. The molecular weight excluding hydrogens is 372 g/mol. The van der Waals surface area contributed by atoms with Gasteiger partial charge in [-0.1, -0.05) is 29.8 Å². The topological polar surface area (TPSA) is 75.2 Å². The van der Waals surface area contributed by atoms with Gasteiger partial charge in [0.15, 0.2) is 9.84 Å². The number of rotatable bonds is 6. The molecule has 0 bridgehead atoms. The van der Waals surface area contributed by atoms with Crippen LogP contribution in [0, 0.1) is 6.92 Å². The average Bonchev–Trinajstić information content (AvgIpc) is 2.94. The molecule has 1 aliphatic heterocycles. The van der Waals surface area contributed by atoms with Crippen LogP contribution >= 0.6 is 11.6 Å². The fourth-order valence-electron chi connectivity index (χ4n) is 3.18. The number of anilines is 2. The molecule has 26 heavy (non-hydrogen) atoms. The molecular formula is C18H23ClN4O2S. The molecule has 8 heteroatoms. The molecule has 1 aromatic heterocycles. The van der Waals surface area contributed by atoms with Crippen LogP contribution in [0.3, 0.4) is 0 Å². The van der Waals surface area contributed by atoms with Gasteiger partial charge in [0.25, 0.3) is 0 Å². The Kier molecular flexibility index (Phi) is 5.67. The van der Waals surface area contributed by atoms with Crippen molar-refractivity contribution in [2.24, 2.45) is 0 Å². The lowest BCUT2D eigenvalue weighted by Crippen LogP contribution is -2.37. The van der Waals surface area contributed by atoms with E-state index in [2.05, 4.69) is 15.3 Å². The Morgan fingerprint density at radius 3 is 2.73 bits per heavy atom. The first-order valence-electron chi connectivity index (χ1n) is 8.68. The van der Waals surface area contributed by atoms with Crippen LogP contribution < -0.4 is 10.2 Å². The van der Waals surface area contributed by atoms with Crippen molar-refractivity contribution in [3.63, 3.8) is 0 Å². The summed E-state index contributed by atoms with van der Waals surface area (Å²) in [5.74, 6) is 1.67. The number of hydrogen-bond acceptors (Lipinski definition) is 6.